The Morgan fingerprint density at radius 1 is 1.38 bits per heavy atom. The molecule has 0 spiro atoms. The molecule has 1 aliphatic heterocycles. The SMILES string of the molecule is NCCC(=O)NCC1CCCCN1C(=O)Cn1cccn1. The van der Waals surface area contributed by atoms with E-state index in [1.165, 1.54) is 0 Å². The lowest BCUT2D eigenvalue weighted by molar-refractivity contribution is -0.136. The van der Waals surface area contributed by atoms with Crippen LogP contribution in [0.4, 0.5) is 0 Å². The lowest BCUT2D eigenvalue weighted by Gasteiger charge is -2.36. The highest BCUT2D eigenvalue weighted by molar-refractivity contribution is 5.77. The zero-order chi connectivity index (χ0) is 15.1. The van der Waals surface area contributed by atoms with Crippen molar-refractivity contribution in [2.45, 2.75) is 38.3 Å². The van der Waals surface area contributed by atoms with Gasteiger partial charge in [-0.1, -0.05) is 0 Å². The van der Waals surface area contributed by atoms with Crippen molar-refractivity contribution < 1.29 is 9.59 Å². The van der Waals surface area contributed by atoms with Gasteiger partial charge in [-0.05, 0) is 25.3 Å². The largest absolute Gasteiger partial charge is 0.354 e. The van der Waals surface area contributed by atoms with E-state index >= 15 is 0 Å². The Bertz CT molecular complexity index is 460. The first-order chi connectivity index (χ1) is 10.2. The Labute approximate surface area is 124 Å². The monoisotopic (exact) mass is 293 g/mol. The van der Waals surface area contributed by atoms with Gasteiger partial charge in [0, 0.05) is 44.5 Å². The molecule has 0 saturated carbocycles. The fourth-order valence-corrected chi connectivity index (χ4v) is 2.62. The predicted octanol–water partition coefficient (Wildman–Crippen LogP) is -0.271. The van der Waals surface area contributed by atoms with Crippen molar-refractivity contribution in [1.82, 2.24) is 20.0 Å². The quantitative estimate of drug-likeness (QED) is 0.755. The number of hydrogen-bond donors (Lipinski definition) is 2. The number of amides is 2. The molecule has 0 aliphatic carbocycles. The smallest absolute Gasteiger partial charge is 0.244 e. The molecule has 0 aromatic carbocycles. The molecule has 1 fully saturated rings. The van der Waals surface area contributed by atoms with Crippen molar-refractivity contribution in [1.29, 1.82) is 0 Å². The molecule has 2 amide bonds. The molecule has 21 heavy (non-hydrogen) atoms. The van der Waals surface area contributed by atoms with Crippen LogP contribution in [0.5, 0.6) is 0 Å². The average Bonchev–Trinajstić information content (AvgIpc) is 2.98. The van der Waals surface area contributed by atoms with Crippen LogP contribution in [0.25, 0.3) is 0 Å². The predicted molar refractivity (Wildman–Crippen MR) is 78.3 cm³/mol. The number of aromatic nitrogens is 2. The molecule has 1 aliphatic rings. The van der Waals surface area contributed by atoms with Gasteiger partial charge in [-0.2, -0.15) is 5.10 Å². The lowest BCUT2D eigenvalue weighted by atomic mass is 10.0. The van der Waals surface area contributed by atoms with E-state index in [0.717, 1.165) is 25.8 Å². The summed E-state index contributed by atoms with van der Waals surface area (Å²) in [5.74, 6) is -0.000905. The molecule has 7 heteroatoms. The van der Waals surface area contributed by atoms with Crippen LogP contribution < -0.4 is 11.1 Å². The third-order valence-corrected chi connectivity index (χ3v) is 3.71. The van der Waals surface area contributed by atoms with Gasteiger partial charge in [0.05, 0.1) is 0 Å². The van der Waals surface area contributed by atoms with E-state index in [1.807, 2.05) is 4.90 Å². The van der Waals surface area contributed by atoms with Gasteiger partial charge < -0.3 is 16.0 Å². The van der Waals surface area contributed by atoms with Crippen LogP contribution in [0.1, 0.15) is 25.7 Å². The molecular formula is C14H23N5O2. The highest BCUT2D eigenvalue weighted by atomic mass is 16.2. The number of piperidine rings is 1. The number of carbonyl (C=O) groups is 2. The second kappa shape index (κ2) is 7.78. The fourth-order valence-electron chi connectivity index (χ4n) is 2.62. The van der Waals surface area contributed by atoms with Crippen molar-refractivity contribution in [3.05, 3.63) is 18.5 Å². The Morgan fingerprint density at radius 3 is 2.95 bits per heavy atom. The molecule has 1 atom stereocenters. The summed E-state index contributed by atoms with van der Waals surface area (Å²) in [6.45, 7) is 1.85. The molecule has 7 nitrogen and oxygen atoms in total. The molecule has 2 rings (SSSR count). The second-order valence-electron chi connectivity index (χ2n) is 5.28. The molecule has 0 bridgehead atoms. The van der Waals surface area contributed by atoms with Crippen LogP contribution >= 0.6 is 0 Å². The van der Waals surface area contributed by atoms with Gasteiger partial charge in [0.1, 0.15) is 6.54 Å². The first-order valence-corrected chi connectivity index (χ1v) is 7.44. The number of nitrogens with two attached hydrogens (primary N) is 1. The Kier molecular flexibility index (Phi) is 5.74. The molecule has 3 N–H and O–H groups in total. The zero-order valence-electron chi connectivity index (χ0n) is 12.2. The summed E-state index contributed by atoms with van der Waals surface area (Å²) in [7, 11) is 0. The van der Waals surface area contributed by atoms with E-state index in [4.69, 9.17) is 5.73 Å². The third-order valence-electron chi connectivity index (χ3n) is 3.71. The van der Waals surface area contributed by atoms with Crippen molar-refractivity contribution in [2.24, 2.45) is 5.73 Å². The number of rotatable bonds is 6. The standard InChI is InChI=1S/C14H23N5O2/c15-6-5-13(20)16-10-12-4-1-2-9-19(12)14(21)11-18-8-3-7-17-18/h3,7-8,12H,1-2,4-6,9-11,15H2,(H,16,20). The van der Waals surface area contributed by atoms with Gasteiger partial charge in [-0.3, -0.25) is 14.3 Å². The summed E-state index contributed by atoms with van der Waals surface area (Å²) in [6.07, 6.45) is 6.79. The molecule has 1 saturated heterocycles. The van der Waals surface area contributed by atoms with Gasteiger partial charge in [-0.25, -0.2) is 0 Å². The summed E-state index contributed by atoms with van der Waals surface area (Å²) in [4.78, 5) is 25.8. The Hall–Kier alpha value is -1.89. The van der Waals surface area contributed by atoms with Crippen LogP contribution in [-0.2, 0) is 16.1 Å². The Balaban J connectivity index is 1.88. The van der Waals surface area contributed by atoms with Crippen LogP contribution in [0.15, 0.2) is 18.5 Å². The fraction of sp³-hybridized carbons (Fsp3) is 0.643. The minimum Gasteiger partial charge on any atom is -0.354 e. The first-order valence-electron chi connectivity index (χ1n) is 7.44. The molecule has 1 unspecified atom stereocenters. The lowest BCUT2D eigenvalue weighted by Crippen LogP contribution is -2.50. The normalized spacial score (nSPS) is 18.5. The van der Waals surface area contributed by atoms with E-state index in [0.29, 0.717) is 19.5 Å². The van der Waals surface area contributed by atoms with Gasteiger partial charge in [0.15, 0.2) is 0 Å². The molecule has 0 radical (unpaired) electrons. The van der Waals surface area contributed by atoms with Crippen LogP contribution in [0, 0.1) is 0 Å². The summed E-state index contributed by atoms with van der Waals surface area (Å²) >= 11 is 0. The van der Waals surface area contributed by atoms with Crippen molar-refractivity contribution in [3.8, 4) is 0 Å². The number of nitrogens with one attached hydrogen (secondary N) is 1. The summed E-state index contributed by atoms with van der Waals surface area (Å²) in [6, 6.07) is 1.87. The molecule has 116 valence electrons. The van der Waals surface area contributed by atoms with E-state index in [9.17, 15) is 9.59 Å². The zero-order valence-corrected chi connectivity index (χ0v) is 12.2. The maximum absolute atomic E-state index is 12.4. The van der Waals surface area contributed by atoms with Crippen LogP contribution in [0.2, 0.25) is 0 Å². The summed E-state index contributed by atoms with van der Waals surface area (Å²) in [5.41, 5.74) is 5.35. The van der Waals surface area contributed by atoms with E-state index in [2.05, 4.69) is 10.4 Å². The van der Waals surface area contributed by atoms with Crippen LogP contribution in [-0.4, -0.2) is 52.2 Å². The average molecular weight is 293 g/mol. The van der Waals surface area contributed by atoms with Crippen LogP contribution in [0.3, 0.4) is 0 Å². The minimum atomic E-state index is -0.0532. The summed E-state index contributed by atoms with van der Waals surface area (Å²) in [5, 5.41) is 6.92. The maximum atomic E-state index is 12.4. The van der Waals surface area contributed by atoms with Crippen molar-refractivity contribution in [3.63, 3.8) is 0 Å². The third kappa shape index (κ3) is 4.56. The highest BCUT2D eigenvalue weighted by Crippen LogP contribution is 2.17. The summed E-state index contributed by atoms with van der Waals surface area (Å²) < 4.78 is 1.63. The van der Waals surface area contributed by atoms with Gasteiger partial charge in [0.25, 0.3) is 0 Å². The van der Waals surface area contributed by atoms with Gasteiger partial charge in [0.2, 0.25) is 11.8 Å². The number of nitrogens with zero attached hydrogens (tertiary/aromatic N) is 3. The van der Waals surface area contributed by atoms with E-state index in [1.54, 1.807) is 23.1 Å². The maximum Gasteiger partial charge on any atom is 0.244 e. The minimum absolute atomic E-state index is 0.0523. The number of carbonyl (C=O) groups excluding carboxylic acids is 2. The van der Waals surface area contributed by atoms with E-state index < -0.39 is 0 Å². The van der Waals surface area contributed by atoms with Gasteiger partial charge >= 0.3 is 0 Å². The molecule has 1 aromatic heterocycles. The highest BCUT2D eigenvalue weighted by Gasteiger charge is 2.26. The number of likely N-dealkylation sites (tertiary alicyclic amines) is 1. The molecular weight excluding hydrogens is 270 g/mol. The van der Waals surface area contributed by atoms with Crippen molar-refractivity contribution >= 4 is 11.8 Å². The van der Waals surface area contributed by atoms with Crippen molar-refractivity contribution in [2.75, 3.05) is 19.6 Å². The molecule has 2 heterocycles. The second-order valence-corrected chi connectivity index (χ2v) is 5.28. The van der Waals surface area contributed by atoms with E-state index in [-0.39, 0.29) is 24.4 Å². The first kappa shape index (κ1) is 15.5. The van der Waals surface area contributed by atoms with Gasteiger partial charge in [-0.15, -0.1) is 0 Å². The topological polar surface area (TPSA) is 93.3 Å². The molecule has 1 aromatic rings. The Morgan fingerprint density at radius 2 is 2.24 bits per heavy atom. The number of hydrogen-bond acceptors (Lipinski definition) is 4.